The molecule has 0 radical (unpaired) electrons. The van der Waals surface area contributed by atoms with Crippen molar-refractivity contribution < 1.29 is 22.4 Å². The number of carbonyl (C=O) groups excluding carboxylic acids is 2. The molecule has 7 nitrogen and oxygen atoms in total. The van der Waals surface area contributed by atoms with E-state index in [1.54, 1.807) is 37.3 Å². The molecule has 2 amide bonds. The molecule has 1 N–H and O–H groups in total. The number of anilines is 1. The van der Waals surface area contributed by atoms with Gasteiger partial charge >= 0.3 is 0 Å². The summed E-state index contributed by atoms with van der Waals surface area (Å²) in [5.74, 6) is -0.898. The highest BCUT2D eigenvalue weighted by atomic mass is 32.2. The van der Waals surface area contributed by atoms with Gasteiger partial charge in [-0.1, -0.05) is 70.2 Å². The van der Waals surface area contributed by atoms with Crippen LogP contribution in [-0.2, 0) is 26.2 Å². The summed E-state index contributed by atoms with van der Waals surface area (Å²) in [6.45, 7) is 9.50. The van der Waals surface area contributed by atoms with Gasteiger partial charge in [0, 0.05) is 13.1 Å². The maximum absolute atomic E-state index is 13.9. The van der Waals surface area contributed by atoms with Crippen LogP contribution in [0, 0.1) is 11.7 Å². The summed E-state index contributed by atoms with van der Waals surface area (Å²) in [5.41, 5.74) is 1.97. The number of hydrogen-bond donors (Lipinski definition) is 1. The fourth-order valence-corrected chi connectivity index (χ4v) is 5.53. The molecule has 1 atom stereocenters. The Hall–Kier alpha value is -3.72. The van der Waals surface area contributed by atoms with Gasteiger partial charge in [-0.15, -0.1) is 0 Å². The lowest BCUT2D eigenvalue weighted by Crippen LogP contribution is -2.51. The number of hydrogen-bond acceptors (Lipinski definition) is 4. The Balaban J connectivity index is 2.01. The summed E-state index contributed by atoms with van der Waals surface area (Å²) >= 11 is 0. The summed E-state index contributed by atoms with van der Waals surface area (Å²) in [7, 11) is -4.13. The molecule has 0 aromatic heterocycles. The molecule has 0 spiro atoms. The average molecular weight is 568 g/mol. The van der Waals surface area contributed by atoms with Crippen LogP contribution in [0.1, 0.15) is 51.7 Å². The minimum absolute atomic E-state index is 0.000883. The van der Waals surface area contributed by atoms with Gasteiger partial charge in [0.25, 0.3) is 10.0 Å². The van der Waals surface area contributed by atoms with Crippen molar-refractivity contribution in [2.75, 3.05) is 17.4 Å². The first-order valence-corrected chi connectivity index (χ1v) is 14.8. The minimum atomic E-state index is -4.13. The number of halogens is 1. The van der Waals surface area contributed by atoms with Gasteiger partial charge in [0.2, 0.25) is 11.8 Å². The molecule has 0 aliphatic heterocycles. The molecule has 214 valence electrons. The van der Waals surface area contributed by atoms with E-state index in [1.807, 2.05) is 39.8 Å². The standard InChI is InChI=1S/C31H38FN3O4S/c1-22(2)19-33-31(37)24(5)34(20-25-11-15-27(32)16-12-25)30(36)21-35(28-17-13-26(14-18-28)23(3)4)40(38,39)29-9-7-6-8-10-29/h6-18,22-24H,19-21H2,1-5H3,(H,33,37)/t24-/m0/s1. The third kappa shape index (κ3) is 7.91. The van der Waals surface area contributed by atoms with Gasteiger partial charge in [0.15, 0.2) is 0 Å². The van der Waals surface area contributed by atoms with E-state index in [0.717, 1.165) is 9.87 Å². The molecule has 0 saturated carbocycles. The molecular formula is C31H38FN3O4S. The highest BCUT2D eigenvalue weighted by Gasteiger charge is 2.32. The zero-order valence-corrected chi connectivity index (χ0v) is 24.5. The number of amides is 2. The lowest BCUT2D eigenvalue weighted by molar-refractivity contribution is -0.139. The molecule has 0 heterocycles. The minimum Gasteiger partial charge on any atom is -0.354 e. The Labute approximate surface area is 237 Å². The molecule has 9 heteroatoms. The van der Waals surface area contributed by atoms with E-state index in [4.69, 9.17) is 0 Å². The van der Waals surface area contributed by atoms with Crippen LogP contribution in [0.25, 0.3) is 0 Å². The monoisotopic (exact) mass is 567 g/mol. The zero-order chi connectivity index (χ0) is 29.4. The van der Waals surface area contributed by atoms with E-state index < -0.39 is 34.3 Å². The summed E-state index contributed by atoms with van der Waals surface area (Å²) in [4.78, 5) is 28.3. The zero-order valence-electron chi connectivity index (χ0n) is 23.7. The van der Waals surface area contributed by atoms with Crippen molar-refractivity contribution in [2.45, 2.75) is 58.0 Å². The predicted molar refractivity (Wildman–Crippen MR) is 156 cm³/mol. The van der Waals surface area contributed by atoms with Crippen molar-refractivity contribution in [1.29, 1.82) is 0 Å². The van der Waals surface area contributed by atoms with Gasteiger partial charge in [0.1, 0.15) is 18.4 Å². The third-order valence-corrected chi connectivity index (χ3v) is 8.36. The van der Waals surface area contributed by atoms with Crippen LogP contribution in [0.5, 0.6) is 0 Å². The summed E-state index contributed by atoms with van der Waals surface area (Å²) in [6.07, 6.45) is 0. The Morgan fingerprint density at radius 1 is 0.850 bits per heavy atom. The van der Waals surface area contributed by atoms with E-state index >= 15 is 0 Å². The first kappa shape index (κ1) is 30.8. The third-order valence-electron chi connectivity index (χ3n) is 6.58. The van der Waals surface area contributed by atoms with Crippen LogP contribution >= 0.6 is 0 Å². The molecule has 0 fully saturated rings. The normalized spacial score (nSPS) is 12.3. The lowest BCUT2D eigenvalue weighted by atomic mass is 10.0. The van der Waals surface area contributed by atoms with Crippen LogP contribution in [-0.4, -0.2) is 44.3 Å². The first-order valence-electron chi connectivity index (χ1n) is 13.4. The molecule has 0 aliphatic carbocycles. The number of nitrogens with one attached hydrogen (secondary N) is 1. The molecular weight excluding hydrogens is 529 g/mol. The quantitative estimate of drug-likeness (QED) is 0.320. The van der Waals surface area contributed by atoms with Crippen LogP contribution in [0.2, 0.25) is 0 Å². The van der Waals surface area contributed by atoms with Crippen molar-refractivity contribution >= 4 is 27.5 Å². The van der Waals surface area contributed by atoms with E-state index in [1.165, 1.54) is 41.3 Å². The Kier molecular flexibility index (Phi) is 10.5. The molecule has 3 rings (SSSR count). The van der Waals surface area contributed by atoms with E-state index in [2.05, 4.69) is 5.32 Å². The largest absolute Gasteiger partial charge is 0.354 e. The molecule has 0 unspecified atom stereocenters. The molecule has 0 aliphatic rings. The second-order valence-electron chi connectivity index (χ2n) is 10.5. The Morgan fingerprint density at radius 2 is 1.45 bits per heavy atom. The van der Waals surface area contributed by atoms with Crippen LogP contribution < -0.4 is 9.62 Å². The van der Waals surface area contributed by atoms with Crippen molar-refractivity contribution in [1.82, 2.24) is 10.2 Å². The maximum atomic E-state index is 13.9. The van der Waals surface area contributed by atoms with Crippen molar-refractivity contribution in [2.24, 2.45) is 5.92 Å². The summed E-state index contributed by atoms with van der Waals surface area (Å²) in [5, 5.41) is 2.85. The predicted octanol–water partition coefficient (Wildman–Crippen LogP) is 5.33. The van der Waals surface area contributed by atoms with Gasteiger partial charge in [-0.2, -0.15) is 0 Å². The van der Waals surface area contributed by atoms with Crippen molar-refractivity contribution in [3.8, 4) is 0 Å². The van der Waals surface area contributed by atoms with Crippen molar-refractivity contribution in [3.05, 3.63) is 95.8 Å². The molecule has 0 bridgehead atoms. The topological polar surface area (TPSA) is 86.8 Å². The molecule has 0 saturated heterocycles. The fourth-order valence-electron chi connectivity index (χ4n) is 4.10. The number of sulfonamides is 1. The SMILES string of the molecule is CC(C)CNC(=O)[C@H](C)N(Cc1ccc(F)cc1)C(=O)CN(c1ccc(C(C)C)cc1)S(=O)(=O)c1ccccc1. The van der Waals surface area contributed by atoms with Gasteiger partial charge < -0.3 is 10.2 Å². The van der Waals surface area contributed by atoms with E-state index in [0.29, 0.717) is 17.8 Å². The maximum Gasteiger partial charge on any atom is 0.264 e. The van der Waals surface area contributed by atoms with Gasteiger partial charge in [-0.3, -0.25) is 13.9 Å². The average Bonchev–Trinajstić information content (AvgIpc) is 2.94. The smallest absolute Gasteiger partial charge is 0.264 e. The van der Waals surface area contributed by atoms with Crippen LogP contribution in [0.3, 0.4) is 0 Å². The summed E-state index contributed by atoms with van der Waals surface area (Å²) < 4.78 is 42.3. The number of carbonyl (C=O) groups is 2. The second-order valence-corrected chi connectivity index (χ2v) is 12.4. The molecule has 40 heavy (non-hydrogen) atoms. The van der Waals surface area contributed by atoms with Gasteiger partial charge in [-0.25, -0.2) is 12.8 Å². The van der Waals surface area contributed by atoms with E-state index in [-0.39, 0.29) is 29.2 Å². The number of rotatable bonds is 12. The van der Waals surface area contributed by atoms with Gasteiger partial charge in [-0.05, 0) is 66.3 Å². The Morgan fingerprint density at radius 3 is 2.00 bits per heavy atom. The number of benzene rings is 3. The van der Waals surface area contributed by atoms with Crippen LogP contribution in [0.15, 0.2) is 83.8 Å². The summed E-state index contributed by atoms with van der Waals surface area (Å²) in [6, 6.07) is 19.7. The second kappa shape index (κ2) is 13.6. The fraction of sp³-hybridized carbons (Fsp3) is 0.355. The Bertz CT molecular complexity index is 1380. The van der Waals surface area contributed by atoms with Crippen molar-refractivity contribution in [3.63, 3.8) is 0 Å². The van der Waals surface area contributed by atoms with Gasteiger partial charge in [0.05, 0.1) is 10.6 Å². The first-order chi connectivity index (χ1) is 18.9. The lowest BCUT2D eigenvalue weighted by Gasteiger charge is -2.32. The molecule has 3 aromatic carbocycles. The highest BCUT2D eigenvalue weighted by Crippen LogP contribution is 2.26. The number of nitrogens with zero attached hydrogens (tertiary/aromatic N) is 2. The van der Waals surface area contributed by atoms with Crippen LogP contribution in [0.4, 0.5) is 10.1 Å². The molecule has 3 aromatic rings. The highest BCUT2D eigenvalue weighted by molar-refractivity contribution is 7.92. The van der Waals surface area contributed by atoms with E-state index in [9.17, 15) is 22.4 Å².